The third-order valence-electron chi connectivity index (χ3n) is 6.63. The number of amides is 1. The number of fused-ring (bicyclic) bond motifs is 1. The highest BCUT2D eigenvalue weighted by molar-refractivity contribution is 5.80. The molecule has 0 saturated carbocycles. The molecule has 0 N–H and O–H groups in total. The molecule has 1 unspecified atom stereocenters. The van der Waals surface area contributed by atoms with Crippen LogP contribution in [0, 0.1) is 5.92 Å². The van der Waals surface area contributed by atoms with Gasteiger partial charge in [-0.1, -0.05) is 48.5 Å². The summed E-state index contributed by atoms with van der Waals surface area (Å²) in [6.45, 7) is 3.79. The first kappa shape index (κ1) is 19.7. The maximum atomic E-state index is 13.4. The van der Waals surface area contributed by atoms with Crippen molar-refractivity contribution < 1.29 is 4.79 Å². The van der Waals surface area contributed by atoms with E-state index in [0.717, 1.165) is 51.0 Å². The van der Waals surface area contributed by atoms with E-state index in [9.17, 15) is 4.79 Å². The van der Waals surface area contributed by atoms with E-state index in [1.54, 1.807) is 11.0 Å². The fourth-order valence-corrected chi connectivity index (χ4v) is 4.90. The average Bonchev–Trinajstić information content (AvgIpc) is 3.49. The van der Waals surface area contributed by atoms with Gasteiger partial charge in [0.1, 0.15) is 12.4 Å². The smallest absolute Gasteiger partial charge is 0.247 e. The van der Waals surface area contributed by atoms with Crippen molar-refractivity contribution >= 4 is 11.6 Å². The van der Waals surface area contributed by atoms with Crippen LogP contribution in [0.4, 0.5) is 5.69 Å². The molecule has 160 valence electrons. The zero-order valence-electron chi connectivity index (χ0n) is 17.7. The van der Waals surface area contributed by atoms with Gasteiger partial charge in [0.05, 0.1) is 0 Å². The number of hydrogen-bond acceptors (Lipinski definition) is 5. The highest BCUT2D eigenvalue weighted by Crippen LogP contribution is 2.30. The Morgan fingerprint density at radius 3 is 2.55 bits per heavy atom. The van der Waals surface area contributed by atoms with Gasteiger partial charge in [-0.25, -0.2) is 4.68 Å². The van der Waals surface area contributed by atoms with Crippen LogP contribution in [0.25, 0.3) is 0 Å². The number of carbonyl (C=O) groups excluding carboxylic acids is 1. The summed E-state index contributed by atoms with van der Waals surface area (Å²) in [5, 5.41) is 11.5. The summed E-state index contributed by atoms with van der Waals surface area (Å²) in [7, 11) is 0. The highest BCUT2D eigenvalue weighted by atomic mass is 16.2. The number of carbonyl (C=O) groups is 1. The van der Waals surface area contributed by atoms with Crippen LogP contribution in [0.5, 0.6) is 0 Å². The molecule has 0 spiro atoms. The summed E-state index contributed by atoms with van der Waals surface area (Å²) in [6.07, 6.45) is 5.36. The van der Waals surface area contributed by atoms with E-state index in [1.807, 2.05) is 35.2 Å². The molecule has 1 saturated heterocycles. The fraction of sp³-hybridized carbons (Fsp3) is 0.417. The lowest BCUT2D eigenvalue weighted by Crippen LogP contribution is -2.45. The summed E-state index contributed by atoms with van der Waals surface area (Å²) in [4.78, 5) is 17.9. The van der Waals surface area contributed by atoms with Crippen LogP contribution in [0.1, 0.15) is 30.0 Å². The minimum absolute atomic E-state index is 0.112. The number of benzene rings is 2. The Kier molecular flexibility index (Phi) is 5.65. The molecule has 3 aromatic rings. The number of tetrazole rings is 1. The van der Waals surface area contributed by atoms with Crippen molar-refractivity contribution in [2.75, 3.05) is 31.1 Å². The summed E-state index contributed by atoms with van der Waals surface area (Å²) in [6, 6.07) is 18.4. The summed E-state index contributed by atoms with van der Waals surface area (Å²) < 4.78 is 1.60. The quantitative estimate of drug-likeness (QED) is 0.618. The maximum absolute atomic E-state index is 13.4. The molecule has 5 rings (SSSR count). The molecule has 0 bridgehead atoms. The van der Waals surface area contributed by atoms with Gasteiger partial charge in [0.15, 0.2) is 0 Å². The number of anilines is 1. The minimum atomic E-state index is -0.403. The normalized spacial score (nSPS) is 17.5. The maximum Gasteiger partial charge on any atom is 0.247 e. The van der Waals surface area contributed by atoms with Crippen molar-refractivity contribution in [3.63, 3.8) is 0 Å². The van der Waals surface area contributed by atoms with Crippen molar-refractivity contribution in [1.82, 2.24) is 25.1 Å². The molecule has 31 heavy (non-hydrogen) atoms. The van der Waals surface area contributed by atoms with E-state index in [4.69, 9.17) is 0 Å². The van der Waals surface area contributed by atoms with Gasteiger partial charge in [0.2, 0.25) is 5.91 Å². The number of likely N-dealkylation sites (tertiary alicyclic amines) is 1. The number of piperidine rings is 1. The van der Waals surface area contributed by atoms with E-state index < -0.39 is 6.04 Å². The molecule has 1 atom stereocenters. The second-order valence-corrected chi connectivity index (χ2v) is 8.59. The van der Waals surface area contributed by atoms with Crippen molar-refractivity contribution in [2.45, 2.75) is 31.7 Å². The van der Waals surface area contributed by atoms with Crippen molar-refractivity contribution in [3.05, 3.63) is 72.1 Å². The Hall–Kier alpha value is -3.22. The lowest BCUT2D eigenvalue weighted by atomic mass is 9.95. The second kappa shape index (κ2) is 8.88. The van der Waals surface area contributed by atoms with Gasteiger partial charge in [-0.3, -0.25) is 4.79 Å². The van der Waals surface area contributed by atoms with Gasteiger partial charge < -0.3 is 9.80 Å². The minimum Gasteiger partial charge on any atom is -0.371 e. The number of hydrogen-bond donors (Lipinski definition) is 0. The van der Waals surface area contributed by atoms with E-state index >= 15 is 0 Å². The number of nitrogens with zero attached hydrogens (tertiary/aromatic N) is 6. The van der Waals surface area contributed by atoms with Gasteiger partial charge in [0.25, 0.3) is 0 Å². The molecule has 3 heterocycles. The Morgan fingerprint density at radius 2 is 1.77 bits per heavy atom. The Bertz CT molecular complexity index is 998. The second-order valence-electron chi connectivity index (χ2n) is 8.59. The van der Waals surface area contributed by atoms with E-state index in [0.29, 0.717) is 12.3 Å². The van der Waals surface area contributed by atoms with Crippen LogP contribution in [-0.2, 0) is 17.6 Å². The first-order valence-corrected chi connectivity index (χ1v) is 11.2. The van der Waals surface area contributed by atoms with Crippen LogP contribution in [0.3, 0.4) is 0 Å². The van der Waals surface area contributed by atoms with Crippen LogP contribution in [0.15, 0.2) is 60.9 Å². The summed E-state index contributed by atoms with van der Waals surface area (Å²) in [5.41, 5.74) is 3.96. The topological polar surface area (TPSA) is 67.2 Å². The first-order valence-electron chi connectivity index (χ1n) is 11.2. The molecule has 2 aliphatic rings. The zero-order chi connectivity index (χ0) is 21.0. The Balaban J connectivity index is 1.21. The molecule has 1 amide bonds. The van der Waals surface area contributed by atoms with E-state index in [1.165, 1.54) is 11.3 Å². The standard InChI is InChI=1S/C24H28N6O/c31-24(23(30-18-25-26-27-30)16-19-6-2-1-3-7-19)28-13-10-20(11-14-28)17-29-15-12-21-8-4-5-9-22(21)29/h1-9,18,20,23H,10-17H2. The van der Waals surface area contributed by atoms with Gasteiger partial charge >= 0.3 is 0 Å². The van der Waals surface area contributed by atoms with Crippen molar-refractivity contribution in [1.29, 1.82) is 0 Å². The van der Waals surface area contributed by atoms with Gasteiger partial charge in [-0.2, -0.15) is 0 Å². The van der Waals surface area contributed by atoms with Crippen molar-refractivity contribution in [2.24, 2.45) is 5.92 Å². The van der Waals surface area contributed by atoms with Gasteiger partial charge in [0, 0.05) is 38.3 Å². The predicted octanol–water partition coefficient (Wildman–Crippen LogP) is 2.76. The number of aromatic nitrogens is 4. The fourth-order valence-electron chi connectivity index (χ4n) is 4.90. The molecular weight excluding hydrogens is 388 g/mol. The number of rotatable bonds is 6. The van der Waals surface area contributed by atoms with Crippen LogP contribution < -0.4 is 4.90 Å². The Labute approximate surface area is 182 Å². The highest BCUT2D eigenvalue weighted by Gasteiger charge is 2.31. The molecule has 2 aliphatic heterocycles. The van der Waals surface area contributed by atoms with Crippen molar-refractivity contribution in [3.8, 4) is 0 Å². The summed E-state index contributed by atoms with van der Waals surface area (Å²) >= 11 is 0. The molecule has 7 nitrogen and oxygen atoms in total. The molecule has 7 heteroatoms. The SMILES string of the molecule is O=C(C(Cc1ccccc1)n1cnnn1)N1CCC(CN2CCc3ccccc32)CC1. The van der Waals surface area contributed by atoms with Crippen LogP contribution in [-0.4, -0.2) is 57.2 Å². The van der Waals surface area contributed by atoms with Gasteiger partial charge in [-0.05, 0) is 52.8 Å². The molecule has 1 aromatic heterocycles. The predicted molar refractivity (Wildman–Crippen MR) is 119 cm³/mol. The molecular formula is C24H28N6O. The third kappa shape index (κ3) is 4.31. The summed E-state index contributed by atoms with van der Waals surface area (Å²) in [5.74, 6) is 0.733. The van der Waals surface area contributed by atoms with Crippen LogP contribution in [0.2, 0.25) is 0 Å². The first-order chi connectivity index (χ1) is 15.3. The monoisotopic (exact) mass is 416 g/mol. The molecule has 2 aromatic carbocycles. The molecule has 0 radical (unpaired) electrons. The van der Waals surface area contributed by atoms with E-state index in [2.05, 4.69) is 44.7 Å². The molecule has 0 aliphatic carbocycles. The average molecular weight is 417 g/mol. The van der Waals surface area contributed by atoms with Crippen LogP contribution >= 0.6 is 0 Å². The molecule has 1 fully saturated rings. The number of para-hydroxylation sites is 1. The van der Waals surface area contributed by atoms with Gasteiger partial charge in [-0.15, -0.1) is 5.10 Å². The lowest BCUT2D eigenvalue weighted by Gasteiger charge is -2.36. The largest absolute Gasteiger partial charge is 0.371 e. The Morgan fingerprint density at radius 1 is 1.00 bits per heavy atom. The third-order valence-corrected chi connectivity index (χ3v) is 6.63. The van der Waals surface area contributed by atoms with E-state index in [-0.39, 0.29) is 5.91 Å². The zero-order valence-corrected chi connectivity index (χ0v) is 17.7. The lowest BCUT2D eigenvalue weighted by molar-refractivity contribution is -0.136.